The lowest BCUT2D eigenvalue weighted by Crippen LogP contribution is -2.47. The summed E-state index contributed by atoms with van der Waals surface area (Å²) < 4.78 is 4.86. The first-order valence-corrected chi connectivity index (χ1v) is 9.14. The summed E-state index contributed by atoms with van der Waals surface area (Å²) in [4.78, 5) is 39.3. The van der Waals surface area contributed by atoms with Gasteiger partial charge in [-0.15, -0.1) is 0 Å². The van der Waals surface area contributed by atoms with Gasteiger partial charge in [0.05, 0.1) is 12.5 Å². The highest BCUT2D eigenvalue weighted by molar-refractivity contribution is 5.83. The molecule has 3 amide bonds. The van der Waals surface area contributed by atoms with E-state index in [0.29, 0.717) is 52.2 Å². The Hall–Kier alpha value is -2.57. The van der Waals surface area contributed by atoms with Crippen molar-refractivity contribution in [2.45, 2.75) is 19.3 Å². The predicted octanol–water partition coefficient (Wildman–Crippen LogP) is 1.04. The van der Waals surface area contributed by atoms with Crippen LogP contribution in [0, 0.1) is 5.92 Å². The molecule has 1 atom stereocenters. The van der Waals surface area contributed by atoms with Crippen LogP contribution < -0.4 is 5.32 Å². The highest BCUT2D eigenvalue weighted by Gasteiger charge is 2.30. The molecule has 7 nitrogen and oxygen atoms in total. The Morgan fingerprint density at radius 2 is 1.96 bits per heavy atom. The molecule has 1 N–H and O–H groups in total. The van der Waals surface area contributed by atoms with Crippen molar-refractivity contribution in [2.24, 2.45) is 5.92 Å². The number of cyclic esters (lactones) is 1. The summed E-state index contributed by atoms with van der Waals surface area (Å²) >= 11 is 0. The van der Waals surface area contributed by atoms with E-state index in [2.05, 4.69) is 5.32 Å². The minimum Gasteiger partial charge on any atom is -0.448 e. The van der Waals surface area contributed by atoms with Crippen LogP contribution in [0.3, 0.4) is 0 Å². The van der Waals surface area contributed by atoms with E-state index in [-0.39, 0.29) is 23.8 Å². The maximum atomic E-state index is 12.4. The Morgan fingerprint density at radius 1 is 1.15 bits per heavy atom. The number of likely N-dealkylation sites (tertiary alicyclic amines) is 1. The Labute approximate surface area is 153 Å². The number of hydrogen-bond donors (Lipinski definition) is 1. The third-order valence-electron chi connectivity index (χ3n) is 4.91. The normalized spacial score (nSPS) is 20.2. The first kappa shape index (κ1) is 18.2. The second-order valence-corrected chi connectivity index (χ2v) is 6.70. The number of rotatable bonds is 7. The van der Waals surface area contributed by atoms with Gasteiger partial charge in [-0.3, -0.25) is 9.59 Å². The van der Waals surface area contributed by atoms with E-state index in [4.69, 9.17) is 4.74 Å². The fraction of sp³-hybridized carbons (Fsp3) is 0.526. The van der Waals surface area contributed by atoms with Gasteiger partial charge in [0.2, 0.25) is 11.8 Å². The summed E-state index contributed by atoms with van der Waals surface area (Å²) in [6.45, 7) is 2.93. The van der Waals surface area contributed by atoms with Gasteiger partial charge in [-0.1, -0.05) is 30.3 Å². The van der Waals surface area contributed by atoms with Crippen LogP contribution in [0.25, 0.3) is 0 Å². The van der Waals surface area contributed by atoms with Gasteiger partial charge in [-0.2, -0.15) is 0 Å². The molecule has 2 aliphatic heterocycles. The molecular weight excluding hydrogens is 334 g/mol. The number of benzene rings is 1. The smallest absolute Gasteiger partial charge is 0.409 e. The van der Waals surface area contributed by atoms with Gasteiger partial charge < -0.3 is 19.9 Å². The lowest BCUT2D eigenvalue weighted by molar-refractivity contribution is -0.138. The molecule has 3 rings (SSSR count). The monoisotopic (exact) mass is 359 g/mol. The number of carbonyl (C=O) groups is 3. The predicted molar refractivity (Wildman–Crippen MR) is 95.4 cm³/mol. The summed E-state index contributed by atoms with van der Waals surface area (Å²) in [5.41, 5.74) is 1.18. The first-order valence-electron chi connectivity index (χ1n) is 9.14. The lowest BCUT2D eigenvalue weighted by atomic mass is 9.96. The Bertz CT molecular complexity index is 649. The van der Waals surface area contributed by atoms with Crippen molar-refractivity contribution < 1.29 is 19.1 Å². The van der Waals surface area contributed by atoms with Gasteiger partial charge in [-0.05, 0) is 18.4 Å². The number of nitrogens with zero attached hydrogens (tertiary/aromatic N) is 2. The van der Waals surface area contributed by atoms with Gasteiger partial charge >= 0.3 is 6.09 Å². The van der Waals surface area contributed by atoms with Crippen molar-refractivity contribution in [3.05, 3.63) is 35.9 Å². The highest BCUT2D eigenvalue weighted by Crippen LogP contribution is 2.18. The number of amides is 3. The topological polar surface area (TPSA) is 79.0 Å². The molecule has 0 saturated carbocycles. The molecule has 7 heteroatoms. The Morgan fingerprint density at radius 3 is 2.69 bits per heavy atom. The second-order valence-electron chi connectivity index (χ2n) is 6.70. The van der Waals surface area contributed by atoms with E-state index < -0.39 is 0 Å². The SMILES string of the molecule is O=C(NCCN1CCOC1=O)[C@H]1CCC(=O)N(CCc2ccccc2)C1. The molecule has 2 heterocycles. The minimum absolute atomic E-state index is 0.0465. The van der Waals surface area contributed by atoms with Gasteiger partial charge in [0.1, 0.15) is 6.61 Å². The van der Waals surface area contributed by atoms with Crippen LogP contribution in [0.5, 0.6) is 0 Å². The van der Waals surface area contributed by atoms with Crippen LogP contribution >= 0.6 is 0 Å². The standard InChI is InChI=1S/C19H25N3O4/c23-17-7-6-16(14-22(17)10-8-15-4-2-1-3-5-15)18(24)20-9-11-21-12-13-26-19(21)25/h1-5,16H,6-14H2,(H,20,24)/t16-/m0/s1. The molecule has 140 valence electrons. The summed E-state index contributed by atoms with van der Waals surface area (Å²) in [6.07, 6.45) is 1.45. The summed E-state index contributed by atoms with van der Waals surface area (Å²) in [5, 5.41) is 2.88. The van der Waals surface area contributed by atoms with E-state index in [1.54, 1.807) is 9.80 Å². The lowest BCUT2D eigenvalue weighted by Gasteiger charge is -2.32. The largest absolute Gasteiger partial charge is 0.448 e. The summed E-state index contributed by atoms with van der Waals surface area (Å²) in [6, 6.07) is 10.0. The third kappa shape index (κ3) is 4.74. The van der Waals surface area contributed by atoms with E-state index in [9.17, 15) is 14.4 Å². The number of hydrogen-bond acceptors (Lipinski definition) is 4. The summed E-state index contributed by atoms with van der Waals surface area (Å²) in [5.74, 6) is -0.117. The second kappa shape index (κ2) is 8.69. The van der Waals surface area contributed by atoms with E-state index >= 15 is 0 Å². The average Bonchev–Trinajstić information content (AvgIpc) is 3.07. The fourth-order valence-corrected chi connectivity index (χ4v) is 3.34. The van der Waals surface area contributed by atoms with Crippen LogP contribution in [0.4, 0.5) is 4.79 Å². The molecule has 0 aromatic heterocycles. The van der Waals surface area contributed by atoms with E-state index in [1.807, 2.05) is 30.3 Å². The molecule has 2 aliphatic rings. The van der Waals surface area contributed by atoms with E-state index in [1.165, 1.54) is 5.56 Å². The first-order chi connectivity index (χ1) is 12.6. The van der Waals surface area contributed by atoms with Crippen molar-refractivity contribution in [1.29, 1.82) is 0 Å². The zero-order chi connectivity index (χ0) is 18.4. The molecule has 0 spiro atoms. The van der Waals surface area contributed by atoms with Crippen LogP contribution in [0.1, 0.15) is 18.4 Å². The maximum Gasteiger partial charge on any atom is 0.409 e. The van der Waals surface area contributed by atoms with Crippen molar-refractivity contribution in [3.63, 3.8) is 0 Å². The molecule has 0 radical (unpaired) electrons. The molecule has 0 unspecified atom stereocenters. The van der Waals surface area contributed by atoms with Gasteiger partial charge in [0.15, 0.2) is 0 Å². The minimum atomic E-state index is -0.324. The Kier molecular flexibility index (Phi) is 6.09. The number of carbonyl (C=O) groups excluding carboxylic acids is 3. The van der Waals surface area contributed by atoms with Crippen molar-refractivity contribution >= 4 is 17.9 Å². The van der Waals surface area contributed by atoms with Crippen LogP contribution in [-0.2, 0) is 20.7 Å². The Balaban J connectivity index is 1.43. The van der Waals surface area contributed by atoms with Gasteiger partial charge in [-0.25, -0.2) is 4.79 Å². The van der Waals surface area contributed by atoms with Gasteiger partial charge in [0, 0.05) is 32.6 Å². The molecule has 0 aliphatic carbocycles. The molecule has 26 heavy (non-hydrogen) atoms. The molecule has 0 bridgehead atoms. The quantitative estimate of drug-likeness (QED) is 0.789. The number of nitrogens with one attached hydrogen (secondary N) is 1. The molecule has 2 fully saturated rings. The van der Waals surface area contributed by atoms with Crippen molar-refractivity contribution in [1.82, 2.24) is 15.1 Å². The molecule has 1 aromatic rings. The van der Waals surface area contributed by atoms with E-state index in [0.717, 1.165) is 6.42 Å². The fourth-order valence-electron chi connectivity index (χ4n) is 3.34. The molecular formula is C19H25N3O4. The van der Waals surface area contributed by atoms with Crippen molar-refractivity contribution in [2.75, 3.05) is 39.3 Å². The molecule has 1 aromatic carbocycles. The average molecular weight is 359 g/mol. The maximum absolute atomic E-state index is 12.4. The van der Waals surface area contributed by atoms with Gasteiger partial charge in [0.25, 0.3) is 0 Å². The zero-order valence-electron chi connectivity index (χ0n) is 14.9. The number of piperidine rings is 1. The number of ether oxygens (including phenoxy) is 1. The zero-order valence-corrected chi connectivity index (χ0v) is 14.9. The molecule has 2 saturated heterocycles. The van der Waals surface area contributed by atoms with Crippen LogP contribution in [-0.4, -0.2) is 67.0 Å². The van der Waals surface area contributed by atoms with Crippen molar-refractivity contribution in [3.8, 4) is 0 Å². The summed E-state index contributed by atoms with van der Waals surface area (Å²) in [7, 11) is 0. The van der Waals surface area contributed by atoms with Crippen LogP contribution in [0.2, 0.25) is 0 Å². The highest BCUT2D eigenvalue weighted by atomic mass is 16.6. The van der Waals surface area contributed by atoms with Crippen LogP contribution in [0.15, 0.2) is 30.3 Å². The third-order valence-corrected chi connectivity index (χ3v) is 4.91.